The number of allylic oxidation sites excluding steroid dienone is 3. The molecule has 1 heterocycles. The molecule has 1 saturated heterocycles. The summed E-state index contributed by atoms with van der Waals surface area (Å²) in [5.74, 6) is 0.838. The molecule has 1 aliphatic heterocycles. The van der Waals surface area contributed by atoms with Crippen molar-refractivity contribution in [1.82, 2.24) is 4.90 Å². The van der Waals surface area contributed by atoms with Gasteiger partial charge in [-0.2, -0.15) is 5.26 Å². The largest absolute Gasteiger partial charge is 0.477 e. The predicted octanol–water partition coefficient (Wildman–Crippen LogP) is 1.26. The molecule has 1 rings (SSSR count). The van der Waals surface area contributed by atoms with Crippen molar-refractivity contribution in [3.8, 4) is 6.07 Å². The minimum absolute atomic E-state index is 0.686. The van der Waals surface area contributed by atoms with E-state index in [0.29, 0.717) is 5.57 Å². The maximum Gasteiger partial charge on any atom is 0.189 e. The van der Waals surface area contributed by atoms with Crippen LogP contribution in [0.1, 0.15) is 6.92 Å². The Morgan fingerprint density at radius 3 is 3.00 bits per heavy atom. The standard InChI is InChI=1S/C9H12N2O/c1-8(7-10)3-4-9-11(2)5-6-12-9/h3-4H,5-6H2,1-2H3. The van der Waals surface area contributed by atoms with Crippen LogP contribution in [0.3, 0.4) is 0 Å². The normalized spacial score (nSPS) is 20.9. The Morgan fingerprint density at radius 1 is 1.75 bits per heavy atom. The van der Waals surface area contributed by atoms with Crippen LogP contribution >= 0.6 is 0 Å². The summed E-state index contributed by atoms with van der Waals surface area (Å²) >= 11 is 0. The lowest BCUT2D eigenvalue weighted by Crippen LogP contribution is -2.10. The molecule has 0 aromatic rings. The number of nitriles is 1. The second kappa shape index (κ2) is 3.82. The maximum absolute atomic E-state index is 8.47. The second-order valence-corrected chi connectivity index (χ2v) is 2.74. The van der Waals surface area contributed by atoms with Gasteiger partial charge in [0.1, 0.15) is 6.61 Å². The Labute approximate surface area is 72.5 Å². The molecule has 0 spiro atoms. The lowest BCUT2D eigenvalue weighted by molar-refractivity contribution is 0.244. The Morgan fingerprint density at radius 2 is 2.50 bits per heavy atom. The quantitative estimate of drug-likeness (QED) is 0.547. The Kier molecular flexibility index (Phi) is 2.76. The summed E-state index contributed by atoms with van der Waals surface area (Å²) in [5, 5.41) is 8.47. The SMILES string of the molecule is CC(C#N)=CC=C1OCCN1C. The van der Waals surface area contributed by atoms with Crippen LogP contribution in [-0.2, 0) is 4.74 Å². The summed E-state index contributed by atoms with van der Waals surface area (Å²) in [7, 11) is 1.97. The minimum Gasteiger partial charge on any atom is -0.477 e. The molecule has 0 amide bonds. The van der Waals surface area contributed by atoms with E-state index in [1.807, 2.05) is 24.1 Å². The zero-order valence-corrected chi connectivity index (χ0v) is 7.37. The van der Waals surface area contributed by atoms with E-state index in [4.69, 9.17) is 10.00 Å². The summed E-state index contributed by atoms with van der Waals surface area (Å²) < 4.78 is 5.29. The van der Waals surface area contributed by atoms with Crippen molar-refractivity contribution in [2.75, 3.05) is 20.2 Å². The van der Waals surface area contributed by atoms with Crippen molar-refractivity contribution in [2.24, 2.45) is 0 Å². The van der Waals surface area contributed by atoms with Crippen LogP contribution in [0, 0.1) is 11.3 Å². The monoisotopic (exact) mass is 164 g/mol. The van der Waals surface area contributed by atoms with Crippen molar-refractivity contribution in [2.45, 2.75) is 6.92 Å². The second-order valence-electron chi connectivity index (χ2n) is 2.74. The highest BCUT2D eigenvalue weighted by molar-refractivity contribution is 5.24. The Balaban J connectivity index is 2.64. The van der Waals surface area contributed by atoms with Crippen LogP contribution in [0.25, 0.3) is 0 Å². The maximum atomic E-state index is 8.47. The highest BCUT2D eigenvalue weighted by atomic mass is 16.5. The van der Waals surface area contributed by atoms with Crippen molar-refractivity contribution in [1.29, 1.82) is 5.26 Å². The fourth-order valence-corrected chi connectivity index (χ4v) is 0.916. The number of likely N-dealkylation sites (N-methyl/N-ethyl adjacent to an activating group) is 1. The molecule has 0 N–H and O–H groups in total. The summed E-state index contributed by atoms with van der Waals surface area (Å²) in [6, 6.07) is 2.05. The average molecular weight is 164 g/mol. The molecule has 0 unspecified atom stereocenters. The van der Waals surface area contributed by atoms with Crippen LogP contribution in [0.2, 0.25) is 0 Å². The molecule has 0 atom stereocenters. The Hall–Kier alpha value is -1.43. The molecule has 1 aliphatic rings. The zero-order valence-electron chi connectivity index (χ0n) is 7.37. The number of hydrogen-bond donors (Lipinski definition) is 0. The van der Waals surface area contributed by atoms with Crippen LogP contribution in [-0.4, -0.2) is 25.1 Å². The van der Waals surface area contributed by atoms with Crippen molar-refractivity contribution < 1.29 is 4.74 Å². The van der Waals surface area contributed by atoms with Crippen LogP contribution in [0.4, 0.5) is 0 Å². The average Bonchev–Trinajstić information content (AvgIpc) is 2.47. The fourth-order valence-electron chi connectivity index (χ4n) is 0.916. The van der Waals surface area contributed by atoms with Gasteiger partial charge in [-0.1, -0.05) is 0 Å². The first-order chi connectivity index (χ1) is 5.74. The van der Waals surface area contributed by atoms with E-state index in [1.165, 1.54) is 0 Å². The van der Waals surface area contributed by atoms with E-state index in [0.717, 1.165) is 19.0 Å². The molecule has 0 aromatic heterocycles. The topological polar surface area (TPSA) is 36.3 Å². The van der Waals surface area contributed by atoms with Crippen LogP contribution < -0.4 is 0 Å². The fraction of sp³-hybridized carbons (Fsp3) is 0.444. The summed E-state index contributed by atoms with van der Waals surface area (Å²) in [6.45, 7) is 3.43. The third-order valence-corrected chi connectivity index (χ3v) is 1.71. The van der Waals surface area contributed by atoms with E-state index in [-0.39, 0.29) is 0 Å². The first-order valence-electron chi connectivity index (χ1n) is 3.86. The van der Waals surface area contributed by atoms with E-state index in [9.17, 15) is 0 Å². The van der Waals surface area contributed by atoms with Crippen LogP contribution in [0.5, 0.6) is 0 Å². The summed E-state index contributed by atoms with van der Waals surface area (Å²) in [5.41, 5.74) is 0.686. The number of nitrogens with zero attached hydrogens (tertiary/aromatic N) is 2. The highest BCUT2D eigenvalue weighted by Crippen LogP contribution is 2.10. The van der Waals surface area contributed by atoms with Gasteiger partial charge in [0.25, 0.3) is 0 Å². The van der Waals surface area contributed by atoms with Crippen LogP contribution in [0.15, 0.2) is 23.6 Å². The number of hydrogen-bond acceptors (Lipinski definition) is 3. The van der Waals surface area contributed by atoms with Gasteiger partial charge in [0.2, 0.25) is 0 Å². The van der Waals surface area contributed by atoms with Gasteiger partial charge < -0.3 is 9.64 Å². The highest BCUT2D eigenvalue weighted by Gasteiger charge is 2.11. The van der Waals surface area contributed by atoms with E-state index in [1.54, 1.807) is 13.0 Å². The summed E-state index contributed by atoms with van der Waals surface area (Å²) in [4.78, 5) is 2.02. The van der Waals surface area contributed by atoms with Gasteiger partial charge in [-0.25, -0.2) is 0 Å². The third-order valence-electron chi connectivity index (χ3n) is 1.71. The van der Waals surface area contributed by atoms with E-state index >= 15 is 0 Å². The molecule has 0 aliphatic carbocycles. The molecule has 64 valence electrons. The lowest BCUT2D eigenvalue weighted by atomic mass is 10.3. The molecule has 0 radical (unpaired) electrons. The van der Waals surface area contributed by atoms with Gasteiger partial charge in [0.05, 0.1) is 12.6 Å². The Bertz CT molecular complexity index is 260. The lowest BCUT2D eigenvalue weighted by Gasteiger charge is -2.07. The summed E-state index contributed by atoms with van der Waals surface area (Å²) in [6.07, 6.45) is 3.59. The van der Waals surface area contributed by atoms with E-state index in [2.05, 4.69) is 0 Å². The van der Waals surface area contributed by atoms with Crippen molar-refractivity contribution >= 4 is 0 Å². The number of ether oxygens (including phenoxy) is 1. The van der Waals surface area contributed by atoms with Crippen molar-refractivity contribution in [3.05, 3.63) is 23.6 Å². The molecule has 0 saturated carbocycles. The zero-order chi connectivity index (χ0) is 8.97. The predicted molar refractivity (Wildman–Crippen MR) is 46.0 cm³/mol. The van der Waals surface area contributed by atoms with Gasteiger partial charge in [0, 0.05) is 12.6 Å². The third kappa shape index (κ3) is 2.03. The number of rotatable bonds is 1. The molecule has 0 bridgehead atoms. The molecular formula is C9H12N2O. The van der Waals surface area contributed by atoms with Crippen molar-refractivity contribution in [3.63, 3.8) is 0 Å². The van der Waals surface area contributed by atoms with Gasteiger partial charge in [-0.05, 0) is 19.1 Å². The first kappa shape index (κ1) is 8.66. The van der Waals surface area contributed by atoms with E-state index < -0.39 is 0 Å². The van der Waals surface area contributed by atoms with Gasteiger partial charge >= 0.3 is 0 Å². The smallest absolute Gasteiger partial charge is 0.189 e. The molecule has 1 fully saturated rings. The molecule has 0 aromatic carbocycles. The van der Waals surface area contributed by atoms with Gasteiger partial charge in [0.15, 0.2) is 5.88 Å². The minimum atomic E-state index is 0.686. The first-order valence-corrected chi connectivity index (χ1v) is 3.86. The molecule has 3 nitrogen and oxygen atoms in total. The van der Waals surface area contributed by atoms with Gasteiger partial charge in [-0.3, -0.25) is 0 Å². The van der Waals surface area contributed by atoms with Gasteiger partial charge in [-0.15, -0.1) is 0 Å². The molecule has 12 heavy (non-hydrogen) atoms. The molecular weight excluding hydrogens is 152 g/mol. The molecule has 3 heteroatoms.